The standard InChI is InChI=1S/C16H33N/c1-6-9-10-11-16(13-17(16)5)14(4)12-15(7-2)8-3/h14-15H,6-13H2,1-5H3. The van der Waals surface area contributed by atoms with E-state index in [0.717, 1.165) is 11.8 Å². The van der Waals surface area contributed by atoms with Crippen molar-refractivity contribution in [1.29, 1.82) is 0 Å². The lowest BCUT2D eigenvalue weighted by Crippen LogP contribution is -2.28. The quantitative estimate of drug-likeness (QED) is 0.416. The topological polar surface area (TPSA) is 3.01 Å². The molecule has 0 aromatic carbocycles. The number of hydrogen-bond acceptors (Lipinski definition) is 1. The van der Waals surface area contributed by atoms with Gasteiger partial charge < -0.3 is 0 Å². The lowest BCUT2D eigenvalue weighted by molar-refractivity contribution is 0.252. The number of nitrogens with zero attached hydrogens (tertiary/aromatic N) is 1. The zero-order valence-corrected chi connectivity index (χ0v) is 12.8. The second kappa shape index (κ2) is 6.78. The van der Waals surface area contributed by atoms with Gasteiger partial charge in [-0.1, -0.05) is 59.8 Å². The summed E-state index contributed by atoms with van der Waals surface area (Å²) in [6, 6.07) is 0. The van der Waals surface area contributed by atoms with Gasteiger partial charge >= 0.3 is 0 Å². The molecule has 1 saturated heterocycles. The number of hydrogen-bond donors (Lipinski definition) is 0. The highest BCUT2D eigenvalue weighted by Crippen LogP contribution is 2.45. The van der Waals surface area contributed by atoms with Crippen LogP contribution in [0.5, 0.6) is 0 Å². The Hall–Kier alpha value is -0.0400. The number of unbranched alkanes of at least 4 members (excludes halogenated alkanes) is 2. The van der Waals surface area contributed by atoms with Gasteiger partial charge in [0.25, 0.3) is 0 Å². The summed E-state index contributed by atoms with van der Waals surface area (Å²) in [4.78, 5) is 2.59. The van der Waals surface area contributed by atoms with Gasteiger partial charge in [0.15, 0.2) is 0 Å². The van der Waals surface area contributed by atoms with Gasteiger partial charge in [-0.05, 0) is 31.7 Å². The van der Waals surface area contributed by atoms with Crippen molar-refractivity contribution < 1.29 is 0 Å². The average Bonchev–Trinajstić information content (AvgIpc) is 2.98. The Balaban J connectivity index is 2.43. The predicted octanol–water partition coefficient (Wildman–Crippen LogP) is 4.71. The fraction of sp³-hybridized carbons (Fsp3) is 1.00. The first-order valence-corrected chi connectivity index (χ1v) is 7.81. The van der Waals surface area contributed by atoms with E-state index in [1.165, 1.54) is 51.5 Å². The van der Waals surface area contributed by atoms with Crippen LogP contribution < -0.4 is 0 Å². The third-order valence-corrected chi connectivity index (χ3v) is 5.14. The fourth-order valence-corrected chi connectivity index (χ4v) is 3.45. The smallest absolute Gasteiger partial charge is 0.0359 e. The van der Waals surface area contributed by atoms with Crippen molar-refractivity contribution in [2.75, 3.05) is 13.6 Å². The molecule has 102 valence electrons. The normalized spacial score (nSPS) is 29.6. The summed E-state index contributed by atoms with van der Waals surface area (Å²) in [5.74, 6) is 1.83. The van der Waals surface area contributed by atoms with Crippen LogP contribution in [0.15, 0.2) is 0 Å². The molecule has 0 radical (unpaired) electrons. The van der Waals surface area contributed by atoms with Crippen LogP contribution in [-0.4, -0.2) is 24.0 Å². The molecule has 0 aromatic heterocycles. The predicted molar refractivity (Wildman–Crippen MR) is 77.4 cm³/mol. The highest BCUT2D eigenvalue weighted by atomic mass is 15.3. The van der Waals surface area contributed by atoms with E-state index in [4.69, 9.17) is 0 Å². The molecule has 1 fully saturated rings. The minimum Gasteiger partial charge on any atom is -0.297 e. The van der Waals surface area contributed by atoms with E-state index in [0.29, 0.717) is 5.54 Å². The first-order valence-electron chi connectivity index (χ1n) is 7.81. The molecule has 0 N–H and O–H groups in total. The van der Waals surface area contributed by atoms with Crippen LogP contribution in [0, 0.1) is 11.8 Å². The Morgan fingerprint density at radius 3 is 2.12 bits per heavy atom. The molecule has 3 atom stereocenters. The van der Waals surface area contributed by atoms with Crippen molar-refractivity contribution >= 4 is 0 Å². The van der Waals surface area contributed by atoms with Gasteiger partial charge in [-0.25, -0.2) is 0 Å². The van der Waals surface area contributed by atoms with Crippen LogP contribution in [0.3, 0.4) is 0 Å². The van der Waals surface area contributed by atoms with E-state index in [-0.39, 0.29) is 0 Å². The molecule has 0 aromatic rings. The first kappa shape index (κ1) is 15.0. The van der Waals surface area contributed by atoms with E-state index in [1.54, 1.807) is 0 Å². The van der Waals surface area contributed by atoms with Crippen molar-refractivity contribution in [3.8, 4) is 0 Å². The van der Waals surface area contributed by atoms with Crippen molar-refractivity contribution in [3.63, 3.8) is 0 Å². The third-order valence-electron chi connectivity index (χ3n) is 5.14. The van der Waals surface area contributed by atoms with Gasteiger partial charge in [-0.15, -0.1) is 0 Å². The van der Waals surface area contributed by atoms with Gasteiger partial charge in [0, 0.05) is 12.1 Å². The molecule has 0 amide bonds. The van der Waals surface area contributed by atoms with Gasteiger partial charge in [0.2, 0.25) is 0 Å². The molecule has 0 bridgehead atoms. The van der Waals surface area contributed by atoms with E-state index in [2.05, 4.69) is 39.6 Å². The lowest BCUT2D eigenvalue weighted by atomic mass is 9.80. The van der Waals surface area contributed by atoms with Crippen LogP contribution >= 0.6 is 0 Å². The zero-order valence-electron chi connectivity index (χ0n) is 12.8. The summed E-state index contributed by atoms with van der Waals surface area (Å²) < 4.78 is 0. The fourth-order valence-electron chi connectivity index (χ4n) is 3.45. The van der Waals surface area contributed by atoms with Gasteiger partial charge in [-0.3, -0.25) is 4.90 Å². The molecule has 1 aliphatic heterocycles. The van der Waals surface area contributed by atoms with E-state index in [1.807, 2.05) is 0 Å². The molecule has 1 nitrogen and oxygen atoms in total. The van der Waals surface area contributed by atoms with E-state index in [9.17, 15) is 0 Å². The summed E-state index contributed by atoms with van der Waals surface area (Å²) in [6.45, 7) is 10.8. The Kier molecular flexibility index (Phi) is 5.99. The number of likely N-dealkylation sites (N-methyl/N-ethyl adjacent to an activating group) is 1. The molecule has 1 aliphatic rings. The Labute approximate surface area is 109 Å². The summed E-state index contributed by atoms with van der Waals surface area (Å²) in [5.41, 5.74) is 0.581. The molecule has 0 saturated carbocycles. The van der Waals surface area contributed by atoms with Crippen molar-refractivity contribution in [3.05, 3.63) is 0 Å². The minimum atomic E-state index is 0.581. The maximum absolute atomic E-state index is 2.59. The zero-order chi connectivity index (χ0) is 12.9. The monoisotopic (exact) mass is 239 g/mol. The van der Waals surface area contributed by atoms with Crippen LogP contribution in [-0.2, 0) is 0 Å². The molecule has 0 aliphatic carbocycles. The lowest BCUT2D eigenvalue weighted by Gasteiger charge is -2.27. The summed E-state index contributed by atoms with van der Waals surface area (Å²) in [5, 5.41) is 0. The van der Waals surface area contributed by atoms with Crippen molar-refractivity contribution in [2.45, 2.75) is 78.2 Å². The van der Waals surface area contributed by atoms with Gasteiger partial charge in [-0.2, -0.15) is 0 Å². The summed E-state index contributed by atoms with van der Waals surface area (Å²) >= 11 is 0. The average molecular weight is 239 g/mol. The highest BCUT2D eigenvalue weighted by Gasteiger charge is 2.52. The summed E-state index contributed by atoms with van der Waals surface area (Å²) in [6.07, 6.45) is 9.76. The molecule has 1 heteroatoms. The second-order valence-corrected chi connectivity index (χ2v) is 6.24. The van der Waals surface area contributed by atoms with E-state index < -0.39 is 0 Å². The van der Waals surface area contributed by atoms with Crippen molar-refractivity contribution in [1.82, 2.24) is 4.90 Å². The van der Waals surface area contributed by atoms with Crippen LogP contribution in [0.1, 0.15) is 72.6 Å². The van der Waals surface area contributed by atoms with Crippen molar-refractivity contribution in [2.24, 2.45) is 11.8 Å². The first-order chi connectivity index (χ1) is 8.10. The molecule has 1 heterocycles. The Morgan fingerprint density at radius 2 is 1.71 bits per heavy atom. The Morgan fingerprint density at radius 1 is 1.12 bits per heavy atom. The maximum atomic E-state index is 2.59. The highest BCUT2D eigenvalue weighted by molar-refractivity contribution is 5.08. The van der Waals surface area contributed by atoms with Crippen LogP contribution in [0.25, 0.3) is 0 Å². The summed E-state index contributed by atoms with van der Waals surface area (Å²) in [7, 11) is 2.31. The third kappa shape index (κ3) is 3.71. The molecule has 3 unspecified atom stereocenters. The van der Waals surface area contributed by atoms with Gasteiger partial charge in [0.1, 0.15) is 0 Å². The van der Waals surface area contributed by atoms with E-state index >= 15 is 0 Å². The van der Waals surface area contributed by atoms with Crippen LogP contribution in [0.4, 0.5) is 0 Å². The van der Waals surface area contributed by atoms with Crippen LogP contribution in [0.2, 0.25) is 0 Å². The van der Waals surface area contributed by atoms with Gasteiger partial charge in [0.05, 0.1) is 0 Å². The molecular weight excluding hydrogens is 206 g/mol. The maximum Gasteiger partial charge on any atom is 0.0359 e. The number of rotatable bonds is 9. The SMILES string of the molecule is CCCCCC1(C(C)CC(CC)CC)CN1C. The second-order valence-electron chi connectivity index (χ2n) is 6.24. The largest absolute Gasteiger partial charge is 0.297 e. The molecule has 17 heavy (non-hydrogen) atoms. The molecule has 1 rings (SSSR count). The Bertz CT molecular complexity index is 210. The molecule has 0 spiro atoms. The molecular formula is C16H33N. The minimum absolute atomic E-state index is 0.581.